The van der Waals surface area contributed by atoms with Gasteiger partial charge in [0.05, 0.1) is 27.4 Å². The highest BCUT2D eigenvalue weighted by Crippen LogP contribution is 2.29. The molecule has 2 aromatic carbocycles. The summed E-state index contributed by atoms with van der Waals surface area (Å²) in [4.78, 5) is 4.69. The standard InChI is InChI=1S/C19H15ClN4OS/c1-2-11-24-16-10-6-5-9-15(16)21-19(24)26-12-17-22-23-18(25-17)13-7-3-4-8-14(13)20/h2-10H,1,11-12H2. The lowest BCUT2D eigenvalue weighted by atomic mass is 10.2. The molecule has 0 amide bonds. The molecule has 2 heterocycles. The third kappa shape index (κ3) is 3.25. The molecule has 0 saturated heterocycles. The minimum Gasteiger partial charge on any atom is -0.420 e. The predicted octanol–water partition coefficient (Wildman–Crippen LogP) is 5.22. The van der Waals surface area contributed by atoms with Crippen LogP contribution in [0.15, 0.2) is 70.8 Å². The first kappa shape index (κ1) is 16.9. The lowest BCUT2D eigenvalue weighted by Gasteiger charge is -2.04. The quantitative estimate of drug-likeness (QED) is 0.338. The van der Waals surface area contributed by atoms with E-state index in [4.69, 9.17) is 21.0 Å². The number of hydrogen-bond acceptors (Lipinski definition) is 5. The number of aromatic nitrogens is 4. The summed E-state index contributed by atoms with van der Waals surface area (Å²) in [6.45, 7) is 4.53. The first-order valence-corrected chi connectivity index (χ1v) is 9.39. The van der Waals surface area contributed by atoms with E-state index in [1.807, 2.05) is 42.5 Å². The van der Waals surface area contributed by atoms with Gasteiger partial charge in [-0.25, -0.2) is 4.98 Å². The van der Waals surface area contributed by atoms with Crippen LogP contribution in [0.5, 0.6) is 0 Å². The zero-order chi connectivity index (χ0) is 17.9. The van der Waals surface area contributed by atoms with Gasteiger partial charge in [-0.2, -0.15) is 0 Å². The highest BCUT2D eigenvalue weighted by Gasteiger charge is 2.14. The van der Waals surface area contributed by atoms with Gasteiger partial charge in [-0.1, -0.05) is 53.7 Å². The number of nitrogens with zero attached hydrogens (tertiary/aromatic N) is 4. The Kier molecular flexibility index (Phi) is 4.77. The molecule has 0 unspecified atom stereocenters. The Morgan fingerprint density at radius 2 is 1.92 bits per heavy atom. The van der Waals surface area contributed by atoms with Gasteiger partial charge in [-0.3, -0.25) is 0 Å². The van der Waals surface area contributed by atoms with Crippen LogP contribution >= 0.6 is 23.4 Å². The maximum absolute atomic E-state index is 6.19. The van der Waals surface area contributed by atoms with Crippen LogP contribution in [-0.4, -0.2) is 19.7 Å². The molecule has 4 aromatic rings. The SMILES string of the molecule is C=CCn1c(SCc2nnc(-c3ccccc3Cl)o2)nc2ccccc21. The van der Waals surface area contributed by atoms with Crippen LogP contribution in [0.4, 0.5) is 0 Å². The molecule has 5 nitrogen and oxygen atoms in total. The maximum Gasteiger partial charge on any atom is 0.249 e. The van der Waals surface area contributed by atoms with Crippen LogP contribution < -0.4 is 0 Å². The van der Waals surface area contributed by atoms with Crippen molar-refractivity contribution < 1.29 is 4.42 Å². The zero-order valence-corrected chi connectivity index (χ0v) is 15.4. The van der Waals surface area contributed by atoms with Gasteiger partial charge in [0.1, 0.15) is 0 Å². The number of thioether (sulfide) groups is 1. The second kappa shape index (κ2) is 7.35. The fourth-order valence-corrected chi connectivity index (χ4v) is 3.73. The van der Waals surface area contributed by atoms with E-state index in [0.717, 1.165) is 21.8 Å². The first-order valence-electron chi connectivity index (χ1n) is 8.02. The highest BCUT2D eigenvalue weighted by molar-refractivity contribution is 7.98. The lowest BCUT2D eigenvalue weighted by molar-refractivity contribution is 0.528. The van der Waals surface area contributed by atoms with Gasteiger partial charge in [0, 0.05) is 6.54 Å². The number of benzene rings is 2. The maximum atomic E-state index is 6.19. The second-order valence-corrected chi connectivity index (χ2v) is 6.90. The largest absolute Gasteiger partial charge is 0.420 e. The molecule has 0 atom stereocenters. The Hall–Kier alpha value is -2.57. The average Bonchev–Trinajstić information content (AvgIpc) is 3.26. The molecule has 0 spiro atoms. The number of allylic oxidation sites excluding steroid dienone is 1. The Morgan fingerprint density at radius 3 is 2.77 bits per heavy atom. The number of imidazole rings is 1. The first-order chi connectivity index (χ1) is 12.8. The third-order valence-corrected chi connectivity index (χ3v) is 5.12. The molecule has 0 aliphatic rings. The van der Waals surface area contributed by atoms with Crippen molar-refractivity contribution in [2.24, 2.45) is 0 Å². The van der Waals surface area contributed by atoms with Gasteiger partial charge in [0.25, 0.3) is 0 Å². The van der Waals surface area contributed by atoms with E-state index in [9.17, 15) is 0 Å². The van der Waals surface area contributed by atoms with Crippen molar-refractivity contribution in [2.45, 2.75) is 17.5 Å². The van der Waals surface area contributed by atoms with Crippen molar-refractivity contribution >= 4 is 34.4 Å². The molecule has 0 saturated carbocycles. The van der Waals surface area contributed by atoms with Gasteiger partial charge < -0.3 is 8.98 Å². The van der Waals surface area contributed by atoms with Crippen LogP contribution in [-0.2, 0) is 12.3 Å². The molecule has 2 aromatic heterocycles. The number of hydrogen-bond donors (Lipinski definition) is 0. The molecule has 0 aliphatic carbocycles. The Labute approximate surface area is 159 Å². The minimum atomic E-state index is 0.422. The van der Waals surface area contributed by atoms with E-state index in [1.54, 1.807) is 17.8 Å². The van der Waals surface area contributed by atoms with Crippen molar-refractivity contribution in [2.75, 3.05) is 0 Å². The topological polar surface area (TPSA) is 56.7 Å². The summed E-state index contributed by atoms with van der Waals surface area (Å²) >= 11 is 7.74. The second-order valence-electron chi connectivity index (χ2n) is 5.55. The Balaban J connectivity index is 1.57. The molecule has 130 valence electrons. The fraction of sp³-hybridized carbons (Fsp3) is 0.105. The van der Waals surface area contributed by atoms with E-state index < -0.39 is 0 Å². The van der Waals surface area contributed by atoms with Crippen LogP contribution in [0.1, 0.15) is 5.89 Å². The third-order valence-electron chi connectivity index (χ3n) is 3.83. The smallest absolute Gasteiger partial charge is 0.249 e. The molecule has 26 heavy (non-hydrogen) atoms. The van der Waals surface area contributed by atoms with Gasteiger partial charge in [0.15, 0.2) is 5.16 Å². The summed E-state index contributed by atoms with van der Waals surface area (Å²) in [5, 5.41) is 9.71. The molecule has 0 aliphatic heterocycles. The van der Waals surface area contributed by atoms with Crippen molar-refractivity contribution in [3.8, 4) is 11.5 Å². The summed E-state index contributed by atoms with van der Waals surface area (Å²) in [5.41, 5.74) is 2.77. The molecule has 7 heteroatoms. The number of rotatable bonds is 6. The van der Waals surface area contributed by atoms with Crippen molar-refractivity contribution in [1.29, 1.82) is 0 Å². The van der Waals surface area contributed by atoms with Crippen LogP contribution in [0.3, 0.4) is 0 Å². The van der Waals surface area contributed by atoms with Crippen molar-refractivity contribution in [3.63, 3.8) is 0 Å². The molecular formula is C19H15ClN4OS. The van der Waals surface area contributed by atoms with Gasteiger partial charge in [-0.15, -0.1) is 16.8 Å². The highest BCUT2D eigenvalue weighted by atomic mass is 35.5. The molecule has 0 fully saturated rings. The van der Waals surface area contributed by atoms with Crippen LogP contribution in [0.2, 0.25) is 5.02 Å². The Bertz CT molecular complexity index is 1070. The van der Waals surface area contributed by atoms with E-state index in [2.05, 4.69) is 27.4 Å². The Morgan fingerprint density at radius 1 is 1.12 bits per heavy atom. The minimum absolute atomic E-state index is 0.422. The predicted molar refractivity (Wildman–Crippen MR) is 104 cm³/mol. The normalized spacial score (nSPS) is 11.1. The fourth-order valence-electron chi connectivity index (χ4n) is 2.65. The van der Waals surface area contributed by atoms with Crippen LogP contribution in [0, 0.1) is 0 Å². The van der Waals surface area contributed by atoms with E-state index in [0.29, 0.717) is 29.1 Å². The summed E-state index contributed by atoms with van der Waals surface area (Å²) in [5.74, 6) is 1.48. The van der Waals surface area contributed by atoms with E-state index >= 15 is 0 Å². The number of fused-ring (bicyclic) bond motifs is 1. The lowest BCUT2D eigenvalue weighted by Crippen LogP contribution is -1.97. The van der Waals surface area contributed by atoms with Crippen molar-refractivity contribution in [1.82, 2.24) is 19.7 Å². The molecule has 0 radical (unpaired) electrons. The average molecular weight is 383 g/mol. The summed E-state index contributed by atoms with van der Waals surface area (Å²) in [7, 11) is 0. The van der Waals surface area contributed by atoms with Crippen LogP contribution in [0.25, 0.3) is 22.5 Å². The molecule has 4 rings (SSSR count). The van der Waals surface area contributed by atoms with Gasteiger partial charge in [0.2, 0.25) is 11.8 Å². The summed E-state index contributed by atoms with van der Waals surface area (Å²) in [6.07, 6.45) is 1.86. The monoisotopic (exact) mass is 382 g/mol. The molecule has 0 bridgehead atoms. The van der Waals surface area contributed by atoms with E-state index in [-0.39, 0.29) is 0 Å². The number of para-hydroxylation sites is 2. The van der Waals surface area contributed by atoms with Gasteiger partial charge >= 0.3 is 0 Å². The molecule has 0 N–H and O–H groups in total. The van der Waals surface area contributed by atoms with Crippen molar-refractivity contribution in [3.05, 3.63) is 72.1 Å². The number of halogens is 1. The summed E-state index contributed by atoms with van der Waals surface area (Å²) in [6, 6.07) is 15.4. The summed E-state index contributed by atoms with van der Waals surface area (Å²) < 4.78 is 7.88. The van der Waals surface area contributed by atoms with Gasteiger partial charge in [-0.05, 0) is 24.3 Å². The van der Waals surface area contributed by atoms with E-state index in [1.165, 1.54) is 0 Å². The molecular weight excluding hydrogens is 368 g/mol. The zero-order valence-electron chi connectivity index (χ0n) is 13.8.